The minimum atomic E-state index is 0.0922. The summed E-state index contributed by atoms with van der Waals surface area (Å²) in [6, 6.07) is 105. The maximum absolute atomic E-state index is 6.05. The highest BCUT2D eigenvalue weighted by Crippen LogP contribution is 2.60. The zero-order chi connectivity index (χ0) is 79.5. The fourth-order valence-electron chi connectivity index (χ4n) is 11.3. The van der Waals surface area contributed by atoms with Crippen molar-refractivity contribution in [1.29, 1.82) is 0 Å². The van der Waals surface area contributed by atoms with Gasteiger partial charge in [-0.25, -0.2) is 0 Å². The summed E-state index contributed by atoms with van der Waals surface area (Å²) in [6.45, 7) is 24.7. The van der Waals surface area contributed by atoms with Gasteiger partial charge in [-0.2, -0.15) is 0 Å². The number of ether oxygens (including phenoxy) is 6. The lowest BCUT2D eigenvalue weighted by molar-refractivity contribution is 0.242. The molecule has 0 radical (unpaired) electrons. The van der Waals surface area contributed by atoms with Crippen LogP contribution in [-0.2, 0) is 0 Å². The van der Waals surface area contributed by atoms with Crippen LogP contribution in [0.3, 0.4) is 0 Å². The Morgan fingerprint density at radius 2 is 0.202 bits per heavy atom. The normalized spacial score (nSPS) is 11.5. The molecule has 13 aromatic rings. The molecule has 0 unspecified atom stereocenters. The van der Waals surface area contributed by atoms with Crippen molar-refractivity contribution in [3.05, 3.63) is 291 Å². The van der Waals surface area contributed by atoms with Gasteiger partial charge in [-0.1, -0.05) is 141 Å². The van der Waals surface area contributed by atoms with Crippen LogP contribution in [0.5, 0.6) is 34.5 Å². The van der Waals surface area contributed by atoms with Crippen molar-refractivity contribution in [2.24, 2.45) is 0 Å². The largest absolute Gasteiger partial charge is 0.491 e. The van der Waals surface area contributed by atoms with E-state index in [1.165, 1.54) is 0 Å². The van der Waals surface area contributed by atoms with Gasteiger partial charge in [0.2, 0.25) is 0 Å². The van der Waals surface area contributed by atoms with Crippen LogP contribution in [0, 0.1) is 0 Å². The second-order valence-corrected chi connectivity index (χ2v) is 41.2. The van der Waals surface area contributed by atoms with Crippen LogP contribution in [0.2, 0.25) is 0 Å². The van der Waals surface area contributed by atoms with Crippen LogP contribution in [0.4, 0.5) is 0 Å². The van der Waals surface area contributed by atoms with Gasteiger partial charge in [0.15, 0.2) is 0 Å². The van der Waals surface area contributed by atoms with E-state index in [9.17, 15) is 0 Å². The predicted molar refractivity (Wildman–Crippen MR) is 488 cm³/mol. The predicted octanol–water partition coefficient (Wildman–Crippen LogP) is 32.2. The van der Waals surface area contributed by atoms with Gasteiger partial charge < -0.3 is 28.4 Å². The number of hydrogen-bond acceptors (Lipinski definition) is 18. The molecule has 582 valence electrons. The first kappa shape index (κ1) is 84.8. The Bertz CT molecular complexity index is 4320. The lowest BCUT2D eigenvalue weighted by Gasteiger charge is -2.26. The molecule has 114 heavy (non-hydrogen) atoms. The molecule has 0 spiro atoms. The molecule has 0 amide bonds. The van der Waals surface area contributed by atoms with Crippen molar-refractivity contribution in [3.8, 4) is 34.5 Å². The Labute approximate surface area is 725 Å². The van der Waals surface area contributed by atoms with E-state index in [-0.39, 0.29) is 36.6 Å². The third-order valence-corrected chi connectivity index (χ3v) is 29.7. The van der Waals surface area contributed by atoms with Crippen molar-refractivity contribution in [2.75, 3.05) is 0 Å². The Morgan fingerprint density at radius 3 is 0.289 bits per heavy atom. The summed E-state index contributed by atoms with van der Waals surface area (Å²) in [5.41, 5.74) is 0. The minimum absolute atomic E-state index is 0.0922. The minimum Gasteiger partial charge on any atom is -0.491 e. The first-order valence-electron chi connectivity index (χ1n) is 37.8. The molecule has 0 N–H and O–H groups in total. The van der Waals surface area contributed by atoms with E-state index in [1.54, 1.807) is 70.6 Å². The molecule has 0 aliphatic carbocycles. The Balaban J connectivity index is 0.985. The smallest absolute Gasteiger partial charge is 0.119 e. The summed E-state index contributed by atoms with van der Waals surface area (Å²) in [5, 5.41) is 0. The van der Waals surface area contributed by atoms with Gasteiger partial charge in [0.05, 0.1) is 36.6 Å². The second-order valence-electron chi connectivity index (χ2n) is 27.9. The topological polar surface area (TPSA) is 55.4 Å². The van der Waals surface area contributed by atoms with E-state index in [0.717, 1.165) is 152 Å². The fraction of sp³-hybridized carbons (Fsp3) is 0.188. The molecule has 0 bridgehead atoms. The third kappa shape index (κ3) is 25.9. The lowest BCUT2D eigenvalue weighted by atomic mass is 10.3. The highest BCUT2D eigenvalue weighted by atomic mass is 32.2. The van der Waals surface area contributed by atoms with Crippen LogP contribution in [-0.4, -0.2) is 36.6 Å². The van der Waals surface area contributed by atoms with Crippen molar-refractivity contribution in [2.45, 2.75) is 237 Å². The molecular weight excluding hydrogens is 1630 g/mol. The quantitative estimate of drug-likeness (QED) is 0.0374. The zero-order valence-corrected chi connectivity index (χ0v) is 75.3. The van der Waals surface area contributed by atoms with Gasteiger partial charge >= 0.3 is 0 Å². The molecule has 13 rings (SSSR count). The Hall–Kier alpha value is -7.14. The first-order chi connectivity index (χ1) is 55.2. The van der Waals surface area contributed by atoms with Crippen LogP contribution < -0.4 is 28.4 Å². The van der Waals surface area contributed by atoms with Crippen molar-refractivity contribution in [3.63, 3.8) is 0 Å². The number of benzene rings is 13. The average molecular weight is 1720 g/mol. The van der Waals surface area contributed by atoms with Gasteiger partial charge in [-0.3, -0.25) is 0 Å². The van der Waals surface area contributed by atoms with Gasteiger partial charge in [-0.05, 0) is 374 Å². The monoisotopic (exact) mass is 1720 g/mol. The Kier molecular flexibility index (Phi) is 31.1. The fourth-order valence-corrected chi connectivity index (χ4v) is 23.5. The van der Waals surface area contributed by atoms with Gasteiger partial charge in [0.25, 0.3) is 0 Å². The van der Waals surface area contributed by atoms with Crippen LogP contribution in [0.1, 0.15) is 83.1 Å². The number of rotatable bonds is 36. The summed E-state index contributed by atoms with van der Waals surface area (Å²) < 4.78 is 36.3. The summed E-state index contributed by atoms with van der Waals surface area (Å²) in [7, 11) is 0. The maximum atomic E-state index is 6.05. The van der Waals surface area contributed by atoms with Crippen molar-refractivity contribution >= 4 is 141 Å². The van der Waals surface area contributed by atoms with E-state index < -0.39 is 0 Å². The van der Waals surface area contributed by atoms with E-state index in [2.05, 4.69) is 374 Å². The van der Waals surface area contributed by atoms with E-state index >= 15 is 0 Å². The summed E-state index contributed by atoms with van der Waals surface area (Å²) in [4.78, 5) is 27.4. The molecule has 0 aromatic heterocycles. The van der Waals surface area contributed by atoms with E-state index in [0.29, 0.717) is 0 Å². The van der Waals surface area contributed by atoms with Crippen molar-refractivity contribution < 1.29 is 28.4 Å². The molecule has 0 fully saturated rings. The molecule has 0 heterocycles. The molecule has 13 aromatic carbocycles. The lowest BCUT2D eigenvalue weighted by Crippen LogP contribution is -2.05. The highest BCUT2D eigenvalue weighted by Gasteiger charge is 2.30. The first-order valence-corrected chi connectivity index (χ1v) is 47.6. The van der Waals surface area contributed by atoms with E-state index in [4.69, 9.17) is 28.4 Å². The summed E-state index contributed by atoms with van der Waals surface area (Å²) in [6.07, 6.45) is 0.553. The van der Waals surface area contributed by atoms with Crippen LogP contribution >= 0.6 is 141 Å². The molecule has 0 saturated heterocycles. The Morgan fingerprint density at radius 1 is 0.123 bits per heavy atom. The average Bonchev–Trinajstić information content (AvgIpc) is 0.747. The highest BCUT2D eigenvalue weighted by molar-refractivity contribution is 8.07. The molecule has 18 heteroatoms. The SMILES string of the molecule is CC(C)Oc1ccc(Sc2ccc(Sc3c(Sc4ccc(Sc5ccc(OC(C)C)cc5)cc4)c(Sc4ccc(Sc5ccc(OC(C)C)cc5)cc4)c(Sc4ccc(Sc5ccc(OC(C)C)cc5)cc4)c(Sc4ccc(Sc5ccc(OC(C)C)cc5)cc4)c3Sc3ccc(Sc4ccc(OC(C)C)cc4)cc3)cc2)cc1. The number of hydrogen-bond donors (Lipinski definition) is 0. The zero-order valence-electron chi connectivity index (χ0n) is 65.5. The second kappa shape index (κ2) is 41.8. The van der Waals surface area contributed by atoms with Gasteiger partial charge in [0.1, 0.15) is 34.5 Å². The molecule has 0 aliphatic heterocycles. The summed E-state index contributed by atoms with van der Waals surface area (Å²) >= 11 is 21.6. The molecule has 0 atom stereocenters. The molecular formula is C96H90O6S12. The molecule has 0 aliphatic rings. The van der Waals surface area contributed by atoms with Crippen LogP contribution in [0.25, 0.3) is 0 Å². The molecule has 6 nitrogen and oxygen atoms in total. The van der Waals surface area contributed by atoms with Gasteiger partial charge in [0, 0.05) is 117 Å². The maximum Gasteiger partial charge on any atom is 0.119 e. The third-order valence-electron chi connectivity index (χ3n) is 16.1. The van der Waals surface area contributed by atoms with Gasteiger partial charge in [-0.15, -0.1) is 0 Å². The molecule has 0 saturated carbocycles. The van der Waals surface area contributed by atoms with E-state index in [1.807, 2.05) is 70.6 Å². The van der Waals surface area contributed by atoms with Crippen LogP contribution in [0.15, 0.2) is 409 Å². The van der Waals surface area contributed by atoms with Crippen molar-refractivity contribution in [1.82, 2.24) is 0 Å². The standard InChI is InChI=1S/C96H90O6S12/c1-61(2)97-67-13-25-73(26-14-67)103-79-37-49-85(50-38-79)109-91-92(110-86-51-39-80(40-52-86)104-74-27-15-68(16-28-74)98-62(3)4)94(112-88-55-43-82(44-56-88)106-76-31-19-70(20-32-76)100-64(7)8)96(114-90-59-47-84(48-60-90)108-78-35-23-72(24-36-78)102-66(11)12)95(113-89-57-45-83(46-58-89)107-77-33-21-71(22-34-77)101-65(9)10)93(91)111-87-53-41-81(42-54-87)105-75-29-17-69(18-30-75)99-63(5)6/h13-66H,1-12H3. The summed E-state index contributed by atoms with van der Waals surface area (Å²) in [5.74, 6) is 5.19.